The molecule has 0 aromatic heterocycles. The molecule has 0 radical (unpaired) electrons. The highest BCUT2D eigenvalue weighted by Gasteiger charge is 2.31. The number of nitrogens with zero attached hydrogens (tertiary/aromatic N) is 1. The van der Waals surface area contributed by atoms with E-state index in [1.807, 2.05) is 27.7 Å². The minimum atomic E-state index is -0.657. The molecule has 2 rings (SSSR count). The molecule has 0 saturated carbocycles. The van der Waals surface area contributed by atoms with Crippen LogP contribution in [-0.2, 0) is 0 Å². The summed E-state index contributed by atoms with van der Waals surface area (Å²) in [6.07, 6.45) is 1.97. The van der Waals surface area contributed by atoms with Crippen molar-refractivity contribution in [1.82, 2.24) is 0 Å². The Kier molecular flexibility index (Phi) is 10.1. The fourth-order valence-electron chi connectivity index (χ4n) is 2.39. The van der Waals surface area contributed by atoms with Crippen molar-refractivity contribution in [2.75, 3.05) is 24.6 Å². The molecule has 0 bridgehead atoms. The summed E-state index contributed by atoms with van der Waals surface area (Å²) in [7, 11) is 0. The molecule has 1 fully saturated rings. The molecule has 0 unspecified atom stereocenters. The van der Waals surface area contributed by atoms with Crippen molar-refractivity contribution < 1.29 is 10.2 Å². The number of aliphatic hydroxyl groups excluding tert-OH is 1. The summed E-state index contributed by atoms with van der Waals surface area (Å²) in [5.41, 5.74) is 1.83. The fourth-order valence-corrected chi connectivity index (χ4v) is 2.39. The molecule has 0 spiro atoms. The van der Waals surface area contributed by atoms with E-state index in [9.17, 15) is 5.11 Å². The Morgan fingerprint density at radius 2 is 1.48 bits per heavy atom. The highest BCUT2D eigenvalue weighted by atomic mass is 16.3. The van der Waals surface area contributed by atoms with E-state index in [1.54, 1.807) is 0 Å². The monoisotopic (exact) mass is 295 g/mol. The van der Waals surface area contributed by atoms with Gasteiger partial charge in [-0.1, -0.05) is 45.4 Å². The lowest BCUT2D eigenvalue weighted by Crippen LogP contribution is -2.44. The van der Waals surface area contributed by atoms with Crippen molar-refractivity contribution in [3.05, 3.63) is 29.8 Å². The fraction of sp³-hybridized carbons (Fsp3) is 0.667. The van der Waals surface area contributed by atoms with Crippen LogP contribution in [0.5, 0.6) is 0 Å². The first-order valence-electron chi connectivity index (χ1n) is 8.28. The summed E-state index contributed by atoms with van der Waals surface area (Å²) in [6.45, 7) is 11.9. The van der Waals surface area contributed by atoms with Crippen LogP contribution in [-0.4, -0.2) is 35.5 Å². The van der Waals surface area contributed by atoms with Crippen LogP contribution in [0.25, 0.3) is 0 Å². The summed E-state index contributed by atoms with van der Waals surface area (Å²) in [4.78, 5) is 2.30. The van der Waals surface area contributed by atoms with E-state index in [-0.39, 0.29) is 6.61 Å². The molecule has 0 atom stereocenters. The van der Waals surface area contributed by atoms with Crippen molar-refractivity contribution >= 4 is 5.69 Å². The molecule has 1 aromatic carbocycles. The predicted molar refractivity (Wildman–Crippen MR) is 92.0 cm³/mol. The zero-order valence-corrected chi connectivity index (χ0v) is 14.4. The lowest BCUT2D eigenvalue weighted by molar-refractivity contribution is -0.00533. The van der Waals surface area contributed by atoms with Crippen molar-refractivity contribution in [2.45, 2.75) is 59.5 Å². The Balaban J connectivity index is 0.000000921. The van der Waals surface area contributed by atoms with Crippen LogP contribution in [0.15, 0.2) is 24.3 Å². The minimum absolute atomic E-state index is 0.0705. The van der Waals surface area contributed by atoms with E-state index < -0.39 is 5.60 Å². The molecule has 1 aliphatic rings. The van der Waals surface area contributed by atoms with Crippen LogP contribution in [0.3, 0.4) is 0 Å². The quantitative estimate of drug-likeness (QED) is 0.892. The second kappa shape index (κ2) is 10.6. The van der Waals surface area contributed by atoms with Crippen LogP contribution >= 0.6 is 0 Å². The van der Waals surface area contributed by atoms with Crippen molar-refractivity contribution in [2.24, 2.45) is 0 Å². The molecule has 2 N–H and O–H groups in total. The molecule has 1 heterocycles. The molecular formula is C18H33NO2. The highest BCUT2D eigenvalue weighted by molar-refractivity contribution is 5.47. The highest BCUT2D eigenvalue weighted by Crippen LogP contribution is 2.28. The van der Waals surface area contributed by atoms with Gasteiger partial charge in [-0.2, -0.15) is 0 Å². The van der Waals surface area contributed by atoms with Gasteiger partial charge in [0, 0.05) is 25.4 Å². The van der Waals surface area contributed by atoms with Gasteiger partial charge in [-0.15, -0.1) is 0 Å². The minimum Gasteiger partial charge on any atom is -0.396 e. The number of aliphatic hydroxyl groups is 2. The Bertz CT molecular complexity index is 354. The zero-order chi connectivity index (χ0) is 16.3. The van der Waals surface area contributed by atoms with Gasteiger partial charge in [0.1, 0.15) is 0 Å². The molecular weight excluding hydrogens is 262 g/mol. The predicted octanol–water partition coefficient (Wildman–Crippen LogP) is 3.76. The lowest BCUT2D eigenvalue weighted by Gasteiger charge is -2.39. The zero-order valence-electron chi connectivity index (χ0n) is 14.4. The Labute approximate surface area is 130 Å². The average Bonchev–Trinajstić information content (AvgIpc) is 2.53. The maximum Gasteiger partial charge on any atom is 0.0703 e. The van der Waals surface area contributed by atoms with E-state index in [4.69, 9.17) is 5.11 Å². The number of hydrogen-bond donors (Lipinski definition) is 2. The first-order chi connectivity index (χ1) is 10.1. The maximum absolute atomic E-state index is 10.2. The van der Waals surface area contributed by atoms with Gasteiger partial charge in [0.05, 0.1) is 5.60 Å². The number of hydrogen-bond acceptors (Lipinski definition) is 3. The van der Waals surface area contributed by atoms with Crippen molar-refractivity contribution in [1.29, 1.82) is 0 Å². The second-order valence-electron chi connectivity index (χ2n) is 5.02. The molecule has 0 aliphatic carbocycles. The third kappa shape index (κ3) is 6.49. The van der Waals surface area contributed by atoms with Gasteiger partial charge in [-0.3, -0.25) is 0 Å². The van der Waals surface area contributed by atoms with Gasteiger partial charge >= 0.3 is 0 Å². The molecule has 1 saturated heterocycles. The maximum atomic E-state index is 10.2. The normalized spacial score (nSPS) is 16.2. The lowest BCUT2D eigenvalue weighted by atomic mass is 9.88. The Hall–Kier alpha value is -1.06. The Morgan fingerprint density at radius 1 is 1.00 bits per heavy atom. The summed E-state index contributed by atoms with van der Waals surface area (Å²) in [5.74, 6) is 0. The molecule has 122 valence electrons. The topological polar surface area (TPSA) is 43.7 Å². The van der Waals surface area contributed by atoms with Gasteiger partial charge in [-0.05, 0) is 38.3 Å². The summed E-state index contributed by atoms with van der Waals surface area (Å²) < 4.78 is 0. The average molecular weight is 295 g/mol. The van der Waals surface area contributed by atoms with Crippen LogP contribution in [0, 0.1) is 6.92 Å². The summed E-state index contributed by atoms with van der Waals surface area (Å²) in [5, 5.41) is 19.1. The number of benzene rings is 1. The van der Waals surface area contributed by atoms with Crippen LogP contribution in [0.1, 0.15) is 52.5 Å². The van der Waals surface area contributed by atoms with Crippen LogP contribution < -0.4 is 4.90 Å². The SMILES string of the molecule is CC.CC.Cc1ccc(N2CCC(O)(CCO)CC2)cc1. The third-order valence-corrected chi connectivity index (χ3v) is 3.67. The standard InChI is InChI=1S/C14H21NO2.2C2H6/c1-12-2-4-13(5-3-12)15-9-6-14(17,7-10-15)8-11-16;2*1-2/h2-5,16-17H,6-11H2,1H3;2*1-2H3. The molecule has 1 aliphatic heterocycles. The second-order valence-corrected chi connectivity index (χ2v) is 5.02. The van der Waals surface area contributed by atoms with E-state index in [0.29, 0.717) is 6.42 Å². The molecule has 3 nitrogen and oxygen atoms in total. The number of piperidine rings is 1. The number of aryl methyl sites for hydroxylation is 1. The van der Waals surface area contributed by atoms with Crippen LogP contribution in [0.4, 0.5) is 5.69 Å². The van der Waals surface area contributed by atoms with Crippen molar-refractivity contribution in [3.63, 3.8) is 0 Å². The van der Waals surface area contributed by atoms with Crippen LogP contribution in [0.2, 0.25) is 0 Å². The molecule has 21 heavy (non-hydrogen) atoms. The van der Waals surface area contributed by atoms with Gasteiger partial charge in [0.15, 0.2) is 0 Å². The molecule has 3 heteroatoms. The number of rotatable bonds is 3. The smallest absolute Gasteiger partial charge is 0.0703 e. The summed E-state index contributed by atoms with van der Waals surface area (Å²) >= 11 is 0. The largest absolute Gasteiger partial charge is 0.396 e. The van der Waals surface area contributed by atoms with Gasteiger partial charge in [0.2, 0.25) is 0 Å². The van der Waals surface area contributed by atoms with Crippen molar-refractivity contribution in [3.8, 4) is 0 Å². The van der Waals surface area contributed by atoms with Gasteiger partial charge in [-0.25, -0.2) is 0 Å². The molecule has 0 amide bonds. The first kappa shape index (κ1) is 19.9. The van der Waals surface area contributed by atoms with E-state index in [0.717, 1.165) is 25.9 Å². The number of anilines is 1. The van der Waals surface area contributed by atoms with Gasteiger partial charge in [0.25, 0.3) is 0 Å². The van der Waals surface area contributed by atoms with E-state index >= 15 is 0 Å². The Morgan fingerprint density at radius 3 is 1.90 bits per heavy atom. The van der Waals surface area contributed by atoms with Gasteiger partial charge < -0.3 is 15.1 Å². The van der Waals surface area contributed by atoms with E-state index in [2.05, 4.69) is 36.1 Å². The van der Waals surface area contributed by atoms with E-state index in [1.165, 1.54) is 11.3 Å². The molecule has 1 aromatic rings. The summed E-state index contributed by atoms with van der Waals surface area (Å²) in [6, 6.07) is 8.49. The third-order valence-electron chi connectivity index (χ3n) is 3.67. The first-order valence-corrected chi connectivity index (χ1v) is 8.28.